The summed E-state index contributed by atoms with van der Waals surface area (Å²) in [5, 5.41) is 19.9. The summed E-state index contributed by atoms with van der Waals surface area (Å²) in [4.78, 5) is 4.36. The zero-order valence-corrected chi connectivity index (χ0v) is 9.43. The molecule has 4 rings (SSSR count). The lowest BCUT2D eigenvalue weighted by atomic mass is 10.1. The van der Waals surface area contributed by atoms with Crippen molar-refractivity contribution in [2.75, 3.05) is 6.61 Å². The summed E-state index contributed by atoms with van der Waals surface area (Å²) >= 11 is 0. The molecular weight excluding hydrogens is 236 g/mol. The summed E-state index contributed by atoms with van der Waals surface area (Å²) in [6, 6.07) is 7.96. The largest absolute Gasteiger partial charge is 0.462 e. The molecule has 0 amide bonds. The minimum absolute atomic E-state index is 0.193. The summed E-state index contributed by atoms with van der Waals surface area (Å²) in [6.45, 7) is 0.193. The van der Waals surface area contributed by atoms with Gasteiger partial charge in [0.25, 0.3) is 6.01 Å². The van der Waals surface area contributed by atoms with Crippen LogP contribution in [0.2, 0.25) is 0 Å². The number of imidazole rings is 1. The topological polar surface area (TPSA) is 76.7 Å². The molecule has 2 aromatic rings. The normalized spacial score (nSPS) is 34.1. The Morgan fingerprint density at radius 3 is 2.94 bits per heavy atom. The third-order valence-corrected chi connectivity index (χ3v) is 3.53. The lowest BCUT2D eigenvalue weighted by molar-refractivity contribution is -0.0293. The molecule has 0 aliphatic carbocycles. The highest BCUT2D eigenvalue weighted by molar-refractivity contribution is 5.76. The Kier molecular flexibility index (Phi) is 1.97. The van der Waals surface area contributed by atoms with Gasteiger partial charge in [-0.15, -0.1) is 0 Å². The number of aromatic nitrogens is 2. The quantitative estimate of drug-likeness (QED) is 0.688. The second-order valence-electron chi connectivity index (χ2n) is 4.61. The molecule has 6 nitrogen and oxygen atoms in total. The predicted molar refractivity (Wildman–Crippen MR) is 61.2 cm³/mol. The molecule has 94 valence electrons. The number of aliphatic hydroxyl groups is 2. The van der Waals surface area contributed by atoms with Crippen molar-refractivity contribution in [2.45, 2.75) is 24.5 Å². The van der Waals surface area contributed by atoms with Crippen molar-refractivity contribution in [1.29, 1.82) is 0 Å². The molecule has 1 aromatic heterocycles. The van der Waals surface area contributed by atoms with E-state index < -0.39 is 24.5 Å². The Morgan fingerprint density at radius 2 is 2.06 bits per heavy atom. The second kappa shape index (κ2) is 3.44. The smallest absolute Gasteiger partial charge is 0.299 e. The van der Waals surface area contributed by atoms with Crippen molar-refractivity contribution in [2.24, 2.45) is 0 Å². The minimum Gasteiger partial charge on any atom is -0.462 e. The molecule has 0 spiro atoms. The summed E-state index contributed by atoms with van der Waals surface area (Å²) < 4.78 is 12.9. The second-order valence-corrected chi connectivity index (χ2v) is 4.61. The first-order valence-corrected chi connectivity index (χ1v) is 5.87. The molecule has 0 unspecified atom stereocenters. The van der Waals surface area contributed by atoms with Crippen LogP contribution in [0.3, 0.4) is 0 Å². The van der Waals surface area contributed by atoms with Gasteiger partial charge in [0.15, 0.2) is 6.23 Å². The number of para-hydroxylation sites is 2. The molecule has 0 saturated carbocycles. The van der Waals surface area contributed by atoms with E-state index >= 15 is 0 Å². The van der Waals surface area contributed by atoms with E-state index in [0.29, 0.717) is 6.01 Å². The van der Waals surface area contributed by atoms with Gasteiger partial charge in [-0.3, -0.25) is 4.57 Å². The molecule has 2 N–H and O–H groups in total. The highest BCUT2D eigenvalue weighted by atomic mass is 16.6. The molecule has 2 bridgehead atoms. The molecule has 3 heterocycles. The van der Waals surface area contributed by atoms with Gasteiger partial charge in [-0.2, -0.15) is 4.98 Å². The fraction of sp³-hybridized carbons (Fsp3) is 0.417. The molecule has 0 radical (unpaired) electrons. The van der Waals surface area contributed by atoms with Crippen molar-refractivity contribution >= 4 is 11.0 Å². The first-order valence-electron chi connectivity index (χ1n) is 5.87. The number of hydrogen-bond acceptors (Lipinski definition) is 5. The van der Waals surface area contributed by atoms with Gasteiger partial charge in [0, 0.05) is 0 Å². The molecule has 6 heteroatoms. The monoisotopic (exact) mass is 248 g/mol. The minimum atomic E-state index is -0.963. The van der Waals surface area contributed by atoms with E-state index in [1.807, 2.05) is 24.3 Å². The lowest BCUT2D eigenvalue weighted by Gasteiger charge is -2.19. The fourth-order valence-electron chi connectivity index (χ4n) is 2.61. The van der Waals surface area contributed by atoms with Gasteiger partial charge >= 0.3 is 0 Å². The Morgan fingerprint density at radius 1 is 1.22 bits per heavy atom. The fourth-order valence-corrected chi connectivity index (χ4v) is 2.61. The van der Waals surface area contributed by atoms with Crippen LogP contribution in [0.25, 0.3) is 11.0 Å². The standard InChI is InChI=1S/C12H12N2O4/c15-9-8-5-17-12-13-6-3-1-2-4-7(6)14(12)11(18-8)10(9)16/h1-4,8-11,15-16H,5H2/t8-,9+,10-,11-/m0/s1. The molecule has 1 saturated heterocycles. The first kappa shape index (κ1) is 10.3. The van der Waals surface area contributed by atoms with Gasteiger partial charge in [0.1, 0.15) is 24.9 Å². The van der Waals surface area contributed by atoms with Gasteiger partial charge in [0.2, 0.25) is 0 Å². The van der Waals surface area contributed by atoms with Crippen molar-refractivity contribution in [3.05, 3.63) is 24.3 Å². The third-order valence-electron chi connectivity index (χ3n) is 3.53. The SMILES string of the molecule is O[C@H]1[C@H](O)[C@@H]2O[C@H]1COc1nc3ccccc3n12. The average molecular weight is 248 g/mol. The van der Waals surface area contributed by atoms with Crippen molar-refractivity contribution in [1.82, 2.24) is 9.55 Å². The number of rotatable bonds is 0. The van der Waals surface area contributed by atoms with Crippen LogP contribution in [-0.4, -0.2) is 44.7 Å². The van der Waals surface area contributed by atoms with Gasteiger partial charge in [-0.05, 0) is 12.1 Å². The number of nitrogens with zero attached hydrogens (tertiary/aromatic N) is 2. The maximum Gasteiger partial charge on any atom is 0.299 e. The van der Waals surface area contributed by atoms with E-state index in [2.05, 4.69) is 4.98 Å². The lowest BCUT2D eigenvalue weighted by Crippen LogP contribution is -2.36. The number of fused-ring (bicyclic) bond motifs is 6. The molecule has 2 aliphatic heterocycles. The molecule has 2 aliphatic rings. The van der Waals surface area contributed by atoms with Gasteiger partial charge in [-0.1, -0.05) is 12.1 Å². The van der Waals surface area contributed by atoms with E-state index in [0.717, 1.165) is 11.0 Å². The molecule has 1 fully saturated rings. The van der Waals surface area contributed by atoms with E-state index in [1.165, 1.54) is 0 Å². The first-order chi connectivity index (χ1) is 8.75. The van der Waals surface area contributed by atoms with Crippen molar-refractivity contribution < 1.29 is 19.7 Å². The summed E-state index contributed by atoms with van der Waals surface area (Å²) in [7, 11) is 0. The van der Waals surface area contributed by atoms with E-state index in [1.54, 1.807) is 4.57 Å². The van der Waals surface area contributed by atoms with Crippen LogP contribution >= 0.6 is 0 Å². The molecule has 18 heavy (non-hydrogen) atoms. The van der Waals surface area contributed by atoms with Gasteiger partial charge in [-0.25, -0.2) is 0 Å². The van der Waals surface area contributed by atoms with E-state index in [-0.39, 0.29) is 6.61 Å². The maximum absolute atomic E-state index is 10.0. The summed E-state index contributed by atoms with van der Waals surface area (Å²) in [5.74, 6) is 0. The van der Waals surface area contributed by atoms with Crippen LogP contribution in [0, 0.1) is 0 Å². The van der Waals surface area contributed by atoms with Gasteiger partial charge in [0.05, 0.1) is 11.0 Å². The zero-order chi connectivity index (χ0) is 12.3. The molecular formula is C12H12N2O4. The highest BCUT2D eigenvalue weighted by Crippen LogP contribution is 2.38. The van der Waals surface area contributed by atoms with Crippen LogP contribution in [0.5, 0.6) is 6.01 Å². The Balaban J connectivity index is 1.96. The van der Waals surface area contributed by atoms with Crippen LogP contribution in [-0.2, 0) is 4.74 Å². The van der Waals surface area contributed by atoms with Crippen LogP contribution < -0.4 is 4.74 Å². The van der Waals surface area contributed by atoms with E-state index in [9.17, 15) is 10.2 Å². The summed E-state index contributed by atoms with van der Waals surface area (Å²) in [6.07, 6.45) is -3.04. The number of hydrogen-bond donors (Lipinski definition) is 2. The Bertz CT molecular complexity index is 611. The predicted octanol–water partition coefficient (Wildman–Crippen LogP) is 0.0479. The zero-order valence-electron chi connectivity index (χ0n) is 9.43. The average Bonchev–Trinajstić information content (AvgIpc) is 2.80. The van der Waals surface area contributed by atoms with Crippen LogP contribution in [0.4, 0.5) is 0 Å². The van der Waals surface area contributed by atoms with E-state index in [4.69, 9.17) is 9.47 Å². The number of ether oxygens (including phenoxy) is 2. The van der Waals surface area contributed by atoms with Crippen LogP contribution in [0.1, 0.15) is 6.23 Å². The van der Waals surface area contributed by atoms with Crippen molar-refractivity contribution in [3.63, 3.8) is 0 Å². The van der Waals surface area contributed by atoms with Gasteiger partial charge < -0.3 is 19.7 Å². The Hall–Kier alpha value is -1.63. The van der Waals surface area contributed by atoms with Crippen LogP contribution in [0.15, 0.2) is 24.3 Å². The highest BCUT2D eigenvalue weighted by Gasteiger charge is 2.47. The number of benzene rings is 1. The third kappa shape index (κ3) is 1.19. The maximum atomic E-state index is 10.0. The molecule has 1 aromatic carbocycles. The summed E-state index contributed by atoms with van der Waals surface area (Å²) in [5.41, 5.74) is 1.61. The number of aliphatic hydroxyl groups excluding tert-OH is 2. The Labute approximate surface area is 102 Å². The van der Waals surface area contributed by atoms with Crippen molar-refractivity contribution in [3.8, 4) is 6.01 Å². The molecule has 4 atom stereocenters.